The number of rotatable bonds is 1. The van der Waals surface area contributed by atoms with E-state index in [9.17, 15) is 4.79 Å². The van der Waals surface area contributed by atoms with Crippen molar-refractivity contribution in [2.45, 2.75) is 6.92 Å². The molecule has 0 unspecified atom stereocenters. The SMILES string of the molecule is CC(=O)Nc1ccc2[nH]ccc2c1Cl. The zero-order valence-electron chi connectivity index (χ0n) is 7.60. The first-order valence-corrected chi connectivity index (χ1v) is 4.59. The van der Waals surface area contributed by atoms with Gasteiger partial charge in [-0.05, 0) is 18.2 Å². The summed E-state index contributed by atoms with van der Waals surface area (Å²) in [5.74, 6) is -0.123. The molecule has 0 aliphatic heterocycles. The normalized spacial score (nSPS) is 10.4. The molecule has 0 saturated carbocycles. The van der Waals surface area contributed by atoms with Crippen molar-refractivity contribution in [3.63, 3.8) is 0 Å². The van der Waals surface area contributed by atoms with Crippen molar-refractivity contribution < 1.29 is 4.79 Å². The highest BCUT2D eigenvalue weighted by Crippen LogP contribution is 2.30. The van der Waals surface area contributed by atoms with Crippen LogP contribution in [-0.4, -0.2) is 10.9 Å². The Balaban J connectivity index is 2.56. The number of hydrogen-bond acceptors (Lipinski definition) is 1. The van der Waals surface area contributed by atoms with Crippen molar-refractivity contribution in [2.24, 2.45) is 0 Å². The number of aromatic amines is 1. The molecule has 1 heterocycles. The van der Waals surface area contributed by atoms with Gasteiger partial charge in [-0.25, -0.2) is 0 Å². The molecule has 2 aromatic rings. The predicted molar refractivity (Wildman–Crippen MR) is 57.6 cm³/mol. The minimum absolute atomic E-state index is 0.123. The second kappa shape index (κ2) is 3.35. The van der Waals surface area contributed by atoms with Gasteiger partial charge in [0, 0.05) is 24.0 Å². The molecule has 0 aliphatic carbocycles. The molecule has 0 radical (unpaired) electrons. The zero-order chi connectivity index (χ0) is 10.1. The van der Waals surface area contributed by atoms with Crippen molar-refractivity contribution in [3.05, 3.63) is 29.4 Å². The Morgan fingerprint density at radius 1 is 1.43 bits per heavy atom. The van der Waals surface area contributed by atoms with E-state index in [1.54, 1.807) is 6.07 Å². The molecule has 72 valence electrons. The lowest BCUT2D eigenvalue weighted by Gasteiger charge is -2.05. The van der Waals surface area contributed by atoms with E-state index in [2.05, 4.69) is 10.3 Å². The smallest absolute Gasteiger partial charge is 0.221 e. The molecule has 0 aliphatic rings. The summed E-state index contributed by atoms with van der Waals surface area (Å²) >= 11 is 6.09. The maximum absolute atomic E-state index is 10.9. The summed E-state index contributed by atoms with van der Waals surface area (Å²) in [7, 11) is 0. The largest absolute Gasteiger partial charge is 0.361 e. The van der Waals surface area contributed by atoms with Gasteiger partial charge in [-0.15, -0.1) is 0 Å². The van der Waals surface area contributed by atoms with Crippen LogP contribution in [0.1, 0.15) is 6.92 Å². The summed E-state index contributed by atoms with van der Waals surface area (Å²) < 4.78 is 0. The Labute approximate surface area is 86.1 Å². The molecule has 14 heavy (non-hydrogen) atoms. The van der Waals surface area contributed by atoms with Crippen molar-refractivity contribution in [1.29, 1.82) is 0 Å². The van der Waals surface area contributed by atoms with Crippen molar-refractivity contribution in [3.8, 4) is 0 Å². The molecule has 0 saturated heterocycles. The Morgan fingerprint density at radius 3 is 2.93 bits per heavy atom. The minimum Gasteiger partial charge on any atom is -0.361 e. The first kappa shape index (κ1) is 9.09. The molecule has 0 bridgehead atoms. The number of anilines is 1. The van der Waals surface area contributed by atoms with Gasteiger partial charge >= 0.3 is 0 Å². The number of carbonyl (C=O) groups is 1. The lowest BCUT2D eigenvalue weighted by molar-refractivity contribution is -0.114. The minimum atomic E-state index is -0.123. The summed E-state index contributed by atoms with van der Waals surface area (Å²) in [4.78, 5) is 13.9. The van der Waals surface area contributed by atoms with Crippen LogP contribution in [0.25, 0.3) is 10.9 Å². The molecule has 0 atom stereocenters. The number of benzene rings is 1. The highest BCUT2D eigenvalue weighted by Gasteiger charge is 2.06. The number of halogens is 1. The van der Waals surface area contributed by atoms with Gasteiger partial charge in [0.15, 0.2) is 0 Å². The van der Waals surface area contributed by atoms with Crippen LogP contribution in [-0.2, 0) is 4.79 Å². The molecular formula is C10H9ClN2O. The molecule has 3 nitrogen and oxygen atoms in total. The third-order valence-corrected chi connectivity index (χ3v) is 2.39. The first-order chi connectivity index (χ1) is 6.68. The van der Waals surface area contributed by atoms with E-state index in [0.29, 0.717) is 10.7 Å². The average Bonchev–Trinajstić information content (AvgIpc) is 2.57. The molecule has 1 aromatic carbocycles. The van der Waals surface area contributed by atoms with Crippen LogP contribution in [0.3, 0.4) is 0 Å². The molecule has 1 amide bonds. The van der Waals surface area contributed by atoms with Crippen LogP contribution < -0.4 is 5.32 Å². The van der Waals surface area contributed by atoms with E-state index in [1.165, 1.54) is 6.92 Å². The number of H-pyrrole nitrogens is 1. The summed E-state index contributed by atoms with van der Waals surface area (Å²) in [6.07, 6.45) is 1.81. The van der Waals surface area contributed by atoms with Crippen molar-refractivity contribution >= 4 is 34.1 Å². The summed E-state index contributed by atoms with van der Waals surface area (Å²) in [5.41, 5.74) is 1.61. The van der Waals surface area contributed by atoms with E-state index in [0.717, 1.165) is 10.9 Å². The van der Waals surface area contributed by atoms with E-state index in [4.69, 9.17) is 11.6 Å². The number of amides is 1. The molecule has 0 fully saturated rings. The quantitative estimate of drug-likeness (QED) is 0.744. The molecule has 0 spiro atoms. The second-order valence-corrected chi connectivity index (χ2v) is 3.43. The molecular weight excluding hydrogens is 200 g/mol. The van der Waals surface area contributed by atoms with Crippen LogP contribution in [0.15, 0.2) is 24.4 Å². The van der Waals surface area contributed by atoms with E-state index in [-0.39, 0.29) is 5.91 Å². The van der Waals surface area contributed by atoms with E-state index >= 15 is 0 Å². The second-order valence-electron chi connectivity index (χ2n) is 3.05. The predicted octanol–water partition coefficient (Wildman–Crippen LogP) is 2.78. The summed E-state index contributed by atoms with van der Waals surface area (Å²) in [6, 6.07) is 5.54. The van der Waals surface area contributed by atoms with Crippen LogP contribution in [0.4, 0.5) is 5.69 Å². The van der Waals surface area contributed by atoms with Gasteiger partial charge in [0.25, 0.3) is 0 Å². The Kier molecular flexibility index (Phi) is 2.17. The Morgan fingerprint density at radius 2 is 2.21 bits per heavy atom. The van der Waals surface area contributed by atoms with Crippen molar-refractivity contribution in [2.75, 3.05) is 5.32 Å². The highest BCUT2D eigenvalue weighted by atomic mass is 35.5. The lowest BCUT2D eigenvalue weighted by atomic mass is 10.2. The number of carbonyl (C=O) groups excluding carboxylic acids is 1. The van der Waals surface area contributed by atoms with Crippen LogP contribution >= 0.6 is 11.6 Å². The molecule has 4 heteroatoms. The topological polar surface area (TPSA) is 44.9 Å². The van der Waals surface area contributed by atoms with Crippen LogP contribution in [0.5, 0.6) is 0 Å². The molecule has 2 N–H and O–H groups in total. The summed E-state index contributed by atoms with van der Waals surface area (Å²) in [5, 5.41) is 4.15. The van der Waals surface area contributed by atoms with Crippen LogP contribution in [0, 0.1) is 0 Å². The first-order valence-electron chi connectivity index (χ1n) is 4.21. The zero-order valence-corrected chi connectivity index (χ0v) is 8.35. The number of aromatic nitrogens is 1. The maximum Gasteiger partial charge on any atom is 0.221 e. The lowest BCUT2D eigenvalue weighted by Crippen LogP contribution is -2.05. The van der Waals surface area contributed by atoms with Gasteiger partial charge in [0.2, 0.25) is 5.91 Å². The Hall–Kier alpha value is -1.48. The van der Waals surface area contributed by atoms with E-state index < -0.39 is 0 Å². The van der Waals surface area contributed by atoms with Crippen molar-refractivity contribution in [1.82, 2.24) is 4.98 Å². The fraction of sp³-hybridized carbons (Fsp3) is 0.100. The van der Waals surface area contributed by atoms with Gasteiger partial charge in [-0.1, -0.05) is 11.6 Å². The fourth-order valence-electron chi connectivity index (χ4n) is 1.38. The highest BCUT2D eigenvalue weighted by molar-refractivity contribution is 6.38. The monoisotopic (exact) mass is 208 g/mol. The van der Waals surface area contributed by atoms with Crippen LogP contribution in [0.2, 0.25) is 5.02 Å². The average molecular weight is 209 g/mol. The van der Waals surface area contributed by atoms with Gasteiger partial charge in [0.05, 0.1) is 10.7 Å². The van der Waals surface area contributed by atoms with Gasteiger partial charge in [-0.2, -0.15) is 0 Å². The maximum atomic E-state index is 10.9. The number of nitrogens with one attached hydrogen (secondary N) is 2. The summed E-state index contributed by atoms with van der Waals surface area (Å²) in [6.45, 7) is 1.46. The molecule has 1 aromatic heterocycles. The van der Waals surface area contributed by atoms with E-state index in [1.807, 2.05) is 18.3 Å². The third kappa shape index (κ3) is 1.46. The molecule has 2 rings (SSSR count). The third-order valence-electron chi connectivity index (χ3n) is 1.98. The van der Waals surface area contributed by atoms with Gasteiger partial charge < -0.3 is 10.3 Å². The standard InChI is InChI=1S/C10H9ClN2O/c1-6(14)13-9-3-2-8-7(10(9)11)4-5-12-8/h2-5,12H,1H3,(H,13,14). The Bertz CT molecular complexity index is 490. The van der Waals surface area contributed by atoms with Gasteiger partial charge in [0.1, 0.15) is 0 Å². The van der Waals surface area contributed by atoms with Gasteiger partial charge in [-0.3, -0.25) is 4.79 Å². The fourth-order valence-corrected chi connectivity index (χ4v) is 1.66. The number of hydrogen-bond donors (Lipinski definition) is 2. The number of fused-ring (bicyclic) bond motifs is 1.